The number of ether oxygens (including phenoxy) is 2. The van der Waals surface area contributed by atoms with Gasteiger partial charge in [0.05, 0.1) is 0 Å². The molecule has 1 N–H and O–H groups in total. The average Bonchev–Trinajstić information content (AvgIpc) is 2.78. The second-order valence-electron chi connectivity index (χ2n) is 4.74. The van der Waals surface area contributed by atoms with Crippen molar-refractivity contribution in [2.24, 2.45) is 11.8 Å². The number of nitrogens with zero attached hydrogens (tertiary/aromatic N) is 1. The van der Waals surface area contributed by atoms with E-state index in [4.69, 9.17) is 9.47 Å². The molecule has 0 saturated carbocycles. The Morgan fingerprint density at radius 2 is 1.69 bits per heavy atom. The molecule has 2 heterocycles. The summed E-state index contributed by atoms with van der Waals surface area (Å²) in [7, 11) is 0. The fourth-order valence-electron chi connectivity index (χ4n) is 2.84. The Kier molecular flexibility index (Phi) is 4.58. The lowest BCUT2D eigenvalue weighted by atomic mass is 10.0. The fraction of sp³-hybridized carbons (Fsp3) is 1.00. The number of fused-ring (bicyclic) bond motifs is 1. The minimum absolute atomic E-state index is 0.0400. The first-order chi connectivity index (χ1) is 7.83. The monoisotopic (exact) mass is 228 g/mol. The maximum absolute atomic E-state index is 5.59. The third-order valence-electron chi connectivity index (χ3n) is 3.58. The highest BCUT2D eigenvalue weighted by atomic mass is 16.7. The number of rotatable bonds is 6. The summed E-state index contributed by atoms with van der Waals surface area (Å²) >= 11 is 0. The smallest absolute Gasteiger partial charge is 0.170 e. The number of nitrogens with one attached hydrogen (secondary N) is 1. The van der Waals surface area contributed by atoms with Gasteiger partial charge in [-0.25, -0.2) is 0 Å². The summed E-state index contributed by atoms with van der Waals surface area (Å²) < 4.78 is 11.2. The van der Waals surface area contributed by atoms with Crippen molar-refractivity contribution >= 4 is 0 Å². The summed E-state index contributed by atoms with van der Waals surface area (Å²) in [5.41, 5.74) is 0. The van der Waals surface area contributed by atoms with Crippen molar-refractivity contribution in [1.29, 1.82) is 0 Å². The van der Waals surface area contributed by atoms with E-state index in [1.54, 1.807) is 0 Å². The SMILES string of the molecule is CCOC(CN1CC2CNCC2C1)OCC. The van der Waals surface area contributed by atoms with Gasteiger partial charge in [-0.05, 0) is 38.8 Å². The largest absolute Gasteiger partial charge is 0.352 e. The van der Waals surface area contributed by atoms with Gasteiger partial charge in [-0.1, -0.05) is 0 Å². The van der Waals surface area contributed by atoms with Gasteiger partial charge in [0.15, 0.2) is 6.29 Å². The van der Waals surface area contributed by atoms with Gasteiger partial charge >= 0.3 is 0 Å². The van der Waals surface area contributed by atoms with Crippen LogP contribution in [0.1, 0.15) is 13.8 Å². The molecule has 2 unspecified atom stereocenters. The van der Waals surface area contributed by atoms with Gasteiger partial charge in [-0.2, -0.15) is 0 Å². The molecule has 16 heavy (non-hydrogen) atoms. The molecule has 2 aliphatic rings. The van der Waals surface area contributed by atoms with Gasteiger partial charge in [0.1, 0.15) is 0 Å². The van der Waals surface area contributed by atoms with Crippen molar-refractivity contribution in [1.82, 2.24) is 10.2 Å². The highest BCUT2D eigenvalue weighted by molar-refractivity contribution is 4.91. The maximum Gasteiger partial charge on any atom is 0.170 e. The lowest BCUT2D eigenvalue weighted by Crippen LogP contribution is -2.36. The Balaban J connectivity index is 1.75. The molecule has 0 aliphatic carbocycles. The van der Waals surface area contributed by atoms with Gasteiger partial charge in [0, 0.05) is 32.8 Å². The van der Waals surface area contributed by atoms with Crippen LogP contribution in [0.5, 0.6) is 0 Å². The van der Waals surface area contributed by atoms with Crippen molar-refractivity contribution in [2.75, 3.05) is 45.9 Å². The molecule has 2 saturated heterocycles. The number of hydrogen-bond acceptors (Lipinski definition) is 4. The zero-order valence-electron chi connectivity index (χ0n) is 10.4. The molecular formula is C12H24N2O2. The van der Waals surface area contributed by atoms with Crippen molar-refractivity contribution in [2.45, 2.75) is 20.1 Å². The van der Waals surface area contributed by atoms with Crippen LogP contribution >= 0.6 is 0 Å². The molecule has 2 atom stereocenters. The zero-order chi connectivity index (χ0) is 11.4. The van der Waals surface area contributed by atoms with Crippen LogP contribution < -0.4 is 5.32 Å². The molecule has 0 aromatic heterocycles. The van der Waals surface area contributed by atoms with Crippen LogP contribution in [0.15, 0.2) is 0 Å². The molecule has 4 nitrogen and oxygen atoms in total. The van der Waals surface area contributed by atoms with E-state index in [1.165, 1.54) is 26.2 Å². The Morgan fingerprint density at radius 3 is 2.19 bits per heavy atom. The van der Waals surface area contributed by atoms with Crippen molar-refractivity contribution < 1.29 is 9.47 Å². The maximum atomic E-state index is 5.59. The Labute approximate surface area is 98.3 Å². The zero-order valence-corrected chi connectivity index (χ0v) is 10.4. The van der Waals surface area contributed by atoms with Crippen molar-refractivity contribution in [3.8, 4) is 0 Å². The van der Waals surface area contributed by atoms with Crippen LogP contribution in [0.3, 0.4) is 0 Å². The molecular weight excluding hydrogens is 204 g/mol. The molecule has 0 amide bonds. The molecule has 2 rings (SSSR count). The highest BCUT2D eigenvalue weighted by Gasteiger charge is 2.36. The minimum atomic E-state index is -0.0400. The quantitative estimate of drug-likeness (QED) is 0.673. The van der Waals surface area contributed by atoms with E-state index in [1.807, 2.05) is 13.8 Å². The lowest BCUT2D eigenvalue weighted by Gasteiger charge is -2.24. The summed E-state index contributed by atoms with van der Waals surface area (Å²) in [5.74, 6) is 1.70. The van der Waals surface area contributed by atoms with E-state index in [2.05, 4.69) is 10.2 Å². The first-order valence-electron chi connectivity index (χ1n) is 6.49. The van der Waals surface area contributed by atoms with Crippen LogP contribution in [-0.4, -0.2) is 57.1 Å². The normalized spacial score (nSPS) is 30.2. The third-order valence-corrected chi connectivity index (χ3v) is 3.58. The summed E-state index contributed by atoms with van der Waals surface area (Å²) in [6, 6.07) is 0. The molecule has 94 valence electrons. The Bertz CT molecular complexity index is 195. The first kappa shape index (κ1) is 12.3. The number of likely N-dealkylation sites (tertiary alicyclic amines) is 1. The van der Waals surface area contributed by atoms with Crippen LogP contribution in [-0.2, 0) is 9.47 Å². The van der Waals surface area contributed by atoms with E-state index >= 15 is 0 Å². The molecule has 0 aromatic rings. The Hall–Kier alpha value is -0.160. The fourth-order valence-corrected chi connectivity index (χ4v) is 2.84. The second-order valence-corrected chi connectivity index (χ2v) is 4.74. The van der Waals surface area contributed by atoms with Crippen LogP contribution in [0, 0.1) is 11.8 Å². The van der Waals surface area contributed by atoms with Crippen LogP contribution in [0.2, 0.25) is 0 Å². The standard InChI is InChI=1S/C12H24N2O2/c1-3-15-12(16-4-2)9-14-7-10-5-13-6-11(10)8-14/h10-13H,3-9H2,1-2H3. The van der Waals surface area contributed by atoms with Crippen molar-refractivity contribution in [3.05, 3.63) is 0 Å². The number of hydrogen-bond donors (Lipinski definition) is 1. The van der Waals surface area contributed by atoms with Gasteiger partial charge in [0.25, 0.3) is 0 Å². The van der Waals surface area contributed by atoms with Gasteiger partial charge in [-0.15, -0.1) is 0 Å². The molecule has 2 fully saturated rings. The molecule has 0 aromatic carbocycles. The summed E-state index contributed by atoms with van der Waals surface area (Å²) in [4.78, 5) is 2.49. The van der Waals surface area contributed by atoms with E-state index in [0.29, 0.717) is 0 Å². The van der Waals surface area contributed by atoms with E-state index in [0.717, 1.165) is 31.6 Å². The van der Waals surface area contributed by atoms with Gasteiger partial charge < -0.3 is 14.8 Å². The van der Waals surface area contributed by atoms with Crippen LogP contribution in [0.4, 0.5) is 0 Å². The molecule has 2 aliphatic heterocycles. The van der Waals surface area contributed by atoms with Gasteiger partial charge in [0.2, 0.25) is 0 Å². The van der Waals surface area contributed by atoms with Gasteiger partial charge in [-0.3, -0.25) is 4.90 Å². The molecule has 4 heteroatoms. The lowest BCUT2D eigenvalue weighted by molar-refractivity contribution is -0.145. The molecule has 0 spiro atoms. The van der Waals surface area contributed by atoms with E-state index in [9.17, 15) is 0 Å². The third kappa shape index (κ3) is 2.94. The predicted molar refractivity (Wildman–Crippen MR) is 63.3 cm³/mol. The highest BCUT2D eigenvalue weighted by Crippen LogP contribution is 2.26. The van der Waals surface area contributed by atoms with Crippen molar-refractivity contribution in [3.63, 3.8) is 0 Å². The summed E-state index contributed by atoms with van der Waals surface area (Å²) in [5, 5.41) is 3.46. The second kappa shape index (κ2) is 5.96. The topological polar surface area (TPSA) is 33.7 Å². The summed E-state index contributed by atoms with van der Waals surface area (Å²) in [6.45, 7) is 11.2. The van der Waals surface area contributed by atoms with Crippen LogP contribution in [0.25, 0.3) is 0 Å². The minimum Gasteiger partial charge on any atom is -0.352 e. The first-order valence-corrected chi connectivity index (χ1v) is 6.49. The Morgan fingerprint density at radius 1 is 1.12 bits per heavy atom. The van der Waals surface area contributed by atoms with E-state index < -0.39 is 0 Å². The predicted octanol–water partition coefficient (Wildman–Crippen LogP) is 0.537. The van der Waals surface area contributed by atoms with E-state index in [-0.39, 0.29) is 6.29 Å². The molecule has 0 bridgehead atoms. The summed E-state index contributed by atoms with van der Waals surface area (Å²) in [6.07, 6.45) is -0.0400. The molecule has 0 radical (unpaired) electrons. The average molecular weight is 228 g/mol.